The summed E-state index contributed by atoms with van der Waals surface area (Å²) in [5.41, 5.74) is -0.924. The first kappa shape index (κ1) is 22.2. The van der Waals surface area contributed by atoms with Crippen LogP contribution in [0.1, 0.15) is 5.56 Å². The van der Waals surface area contributed by atoms with Crippen molar-refractivity contribution >= 4 is 36.8 Å². The van der Waals surface area contributed by atoms with E-state index in [2.05, 4.69) is 4.72 Å². The molecule has 0 unspecified atom stereocenters. The van der Waals surface area contributed by atoms with Gasteiger partial charge >= 0.3 is 5.63 Å². The number of nitriles is 1. The highest BCUT2D eigenvalue weighted by molar-refractivity contribution is 7.92. The third kappa shape index (κ3) is 4.35. The summed E-state index contributed by atoms with van der Waals surface area (Å²) in [5.74, 6) is 0. The van der Waals surface area contributed by atoms with E-state index in [1.165, 1.54) is 48.5 Å². The minimum absolute atomic E-state index is 0.00743. The second-order valence-corrected chi connectivity index (χ2v) is 9.96. The molecule has 0 bridgehead atoms. The maximum Gasteiger partial charge on any atom is 0.360 e. The molecule has 0 radical (unpaired) electrons. The van der Waals surface area contributed by atoms with Crippen molar-refractivity contribution < 1.29 is 25.8 Å². The number of fused-ring (bicyclic) bond motifs is 1. The van der Waals surface area contributed by atoms with Gasteiger partial charge in [0.1, 0.15) is 16.2 Å². The molecule has 3 aromatic carbocycles. The number of nitrogens with one attached hydrogen (secondary N) is 1. The number of benzene rings is 3. The average Bonchev–Trinajstić information content (AvgIpc) is 2.78. The molecule has 2 N–H and O–H groups in total. The molecule has 0 spiro atoms. The van der Waals surface area contributed by atoms with Crippen LogP contribution in [0.25, 0.3) is 22.1 Å². The Bertz CT molecular complexity index is 1720. The van der Waals surface area contributed by atoms with E-state index < -0.39 is 25.8 Å². The molecule has 1 aromatic heterocycles. The van der Waals surface area contributed by atoms with Crippen LogP contribution < -0.4 is 10.3 Å². The summed E-state index contributed by atoms with van der Waals surface area (Å²) < 4.78 is 66.1. The summed E-state index contributed by atoms with van der Waals surface area (Å²) in [6, 6.07) is 18.6. The van der Waals surface area contributed by atoms with Crippen LogP contribution in [0.2, 0.25) is 0 Å². The van der Waals surface area contributed by atoms with Gasteiger partial charge in [-0.3, -0.25) is 9.27 Å². The van der Waals surface area contributed by atoms with Crippen molar-refractivity contribution in [2.75, 3.05) is 4.72 Å². The van der Waals surface area contributed by atoms with Gasteiger partial charge < -0.3 is 4.42 Å². The zero-order chi connectivity index (χ0) is 23.8. The van der Waals surface area contributed by atoms with Crippen molar-refractivity contribution in [3.63, 3.8) is 0 Å². The van der Waals surface area contributed by atoms with E-state index in [0.717, 1.165) is 6.07 Å². The van der Waals surface area contributed by atoms with Gasteiger partial charge in [-0.05, 0) is 30.3 Å². The maximum atomic E-state index is 12.7. The Labute approximate surface area is 188 Å². The van der Waals surface area contributed by atoms with Gasteiger partial charge in [-0.25, -0.2) is 13.2 Å². The monoisotopic (exact) mass is 482 g/mol. The lowest BCUT2D eigenvalue weighted by Crippen LogP contribution is -2.18. The van der Waals surface area contributed by atoms with Crippen LogP contribution in [0.3, 0.4) is 0 Å². The molecule has 1 heterocycles. The number of hydrogen-bond donors (Lipinski definition) is 2. The molecule has 9 nitrogen and oxygen atoms in total. The van der Waals surface area contributed by atoms with E-state index in [1.54, 1.807) is 18.2 Å². The molecule has 166 valence electrons. The molecule has 0 atom stereocenters. The van der Waals surface area contributed by atoms with E-state index in [4.69, 9.17) is 9.68 Å². The van der Waals surface area contributed by atoms with Gasteiger partial charge in [-0.2, -0.15) is 13.7 Å². The summed E-state index contributed by atoms with van der Waals surface area (Å²) in [5, 5.41) is 9.29. The predicted molar refractivity (Wildman–Crippen MR) is 120 cm³/mol. The highest BCUT2D eigenvalue weighted by Crippen LogP contribution is 2.33. The molecule has 11 heteroatoms. The lowest BCUT2D eigenvalue weighted by molar-refractivity contribution is 0.483. The molecule has 4 aromatic rings. The third-order valence-electron chi connectivity index (χ3n) is 4.73. The number of anilines is 1. The highest BCUT2D eigenvalue weighted by atomic mass is 32.2. The van der Waals surface area contributed by atoms with E-state index in [0.29, 0.717) is 5.39 Å². The number of para-hydroxylation sites is 1. The van der Waals surface area contributed by atoms with Crippen molar-refractivity contribution in [1.29, 1.82) is 5.26 Å². The SMILES string of the molecule is N#Cc1cccc(S(=O)(=O)Nc2cc3cccc(-c4ccccc4S(=O)(=O)O)c3oc2=O)c1. The summed E-state index contributed by atoms with van der Waals surface area (Å²) in [6.07, 6.45) is 0. The fourth-order valence-electron chi connectivity index (χ4n) is 3.28. The van der Waals surface area contributed by atoms with Crippen LogP contribution in [0.5, 0.6) is 0 Å². The van der Waals surface area contributed by atoms with Crippen LogP contribution in [-0.4, -0.2) is 21.4 Å². The standard InChI is InChI=1S/C22H14N2O7S2/c23-13-14-5-3-7-16(11-14)32(26,27)24-19-12-15-6-4-9-18(21(15)31-22(19)25)17-8-1-2-10-20(17)33(28,29)30/h1-12,24H,(H,28,29,30). The van der Waals surface area contributed by atoms with Crippen LogP contribution in [-0.2, 0) is 20.1 Å². The summed E-state index contributed by atoms with van der Waals surface area (Å²) in [7, 11) is -8.76. The lowest BCUT2D eigenvalue weighted by Gasteiger charge is -2.11. The van der Waals surface area contributed by atoms with Crippen LogP contribution in [0.15, 0.2) is 91.8 Å². The normalized spacial score (nSPS) is 11.8. The molecule has 0 aliphatic heterocycles. The van der Waals surface area contributed by atoms with E-state index in [1.807, 2.05) is 6.07 Å². The number of nitrogens with zero attached hydrogens (tertiary/aromatic N) is 1. The summed E-state index contributed by atoms with van der Waals surface area (Å²) in [4.78, 5) is 12.0. The molecule has 0 fully saturated rings. The van der Waals surface area contributed by atoms with Crippen LogP contribution >= 0.6 is 0 Å². The third-order valence-corrected chi connectivity index (χ3v) is 7.01. The molecule has 0 saturated heterocycles. The number of hydrogen-bond acceptors (Lipinski definition) is 7. The first-order valence-corrected chi connectivity index (χ1v) is 12.2. The van der Waals surface area contributed by atoms with Crippen LogP contribution in [0, 0.1) is 11.3 Å². The van der Waals surface area contributed by atoms with Crippen molar-refractivity contribution in [1.82, 2.24) is 0 Å². The largest absolute Gasteiger partial charge is 0.421 e. The van der Waals surface area contributed by atoms with Crippen molar-refractivity contribution in [3.05, 3.63) is 88.8 Å². The molecular weight excluding hydrogens is 468 g/mol. The van der Waals surface area contributed by atoms with Gasteiger partial charge in [0, 0.05) is 16.5 Å². The van der Waals surface area contributed by atoms with E-state index >= 15 is 0 Å². The van der Waals surface area contributed by atoms with Crippen molar-refractivity contribution in [2.24, 2.45) is 0 Å². The Balaban J connectivity index is 1.84. The average molecular weight is 482 g/mol. The van der Waals surface area contributed by atoms with Gasteiger partial charge in [0.05, 0.1) is 16.5 Å². The second kappa shape index (κ2) is 8.18. The van der Waals surface area contributed by atoms with Gasteiger partial charge in [-0.1, -0.05) is 42.5 Å². The zero-order valence-electron chi connectivity index (χ0n) is 16.6. The molecule has 0 aliphatic carbocycles. The van der Waals surface area contributed by atoms with E-state index in [9.17, 15) is 26.2 Å². The quantitative estimate of drug-likeness (QED) is 0.324. The van der Waals surface area contributed by atoms with Gasteiger partial charge in [0.2, 0.25) is 0 Å². The molecule has 0 aliphatic rings. The Morgan fingerprint density at radius 1 is 0.879 bits per heavy atom. The Hall–Kier alpha value is -3.98. The first-order chi connectivity index (χ1) is 15.6. The molecule has 0 amide bonds. The Morgan fingerprint density at radius 3 is 2.30 bits per heavy atom. The second-order valence-electron chi connectivity index (χ2n) is 6.89. The fourth-order valence-corrected chi connectivity index (χ4v) is 5.07. The van der Waals surface area contributed by atoms with E-state index in [-0.39, 0.29) is 37.8 Å². The molecular formula is C22H14N2O7S2. The smallest absolute Gasteiger partial charge is 0.360 e. The number of rotatable bonds is 5. The van der Waals surface area contributed by atoms with Crippen molar-refractivity contribution in [3.8, 4) is 17.2 Å². The van der Waals surface area contributed by atoms with Gasteiger partial charge in [0.25, 0.3) is 20.1 Å². The Kier molecular flexibility index (Phi) is 5.51. The minimum atomic E-state index is -4.56. The molecule has 33 heavy (non-hydrogen) atoms. The zero-order valence-corrected chi connectivity index (χ0v) is 18.2. The van der Waals surface area contributed by atoms with Crippen molar-refractivity contribution in [2.45, 2.75) is 9.79 Å². The highest BCUT2D eigenvalue weighted by Gasteiger charge is 2.21. The van der Waals surface area contributed by atoms with Gasteiger partial charge in [0.15, 0.2) is 0 Å². The fraction of sp³-hybridized carbons (Fsp3) is 0. The topological polar surface area (TPSA) is 155 Å². The Morgan fingerprint density at radius 2 is 1.58 bits per heavy atom. The maximum absolute atomic E-state index is 12.7. The molecule has 4 rings (SSSR count). The minimum Gasteiger partial charge on any atom is -0.421 e. The van der Waals surface area contributed by atoms with Gasteiger partial charge in [-0.15, -0.1) is 0 Å². The van der Waals surface area contributed by atoms with Crippen LogP contribution in [0.4, 0.5) is 5.69 Å². The molecule has 0 saturated carbocycles. The first-order valence-electron chi connectivity index (χ1n) is 9.27. The summed E-state index contributed by atoms with van der Waals surface area (Å²) in [6.45, 7) is 0. The number of sulfonamides is 1. The summed E-state index contributed by atoms with van der Waals surface area (Å²) >= 11 is 0. The predicted octanol–water partition coefficient (Wildman–Crippen LogP) is 3.38. The lowest BCUT2D eigenvalue weighted by atomic mass is 10.0.